The minimum Gasteiger partial charge on any atom is -0.396 e. The van der Waals surface area contributed by atoms with Crippen LogP contribution in [-0.2, 0) is 16.6 Å². The molecule has 0 unspecified atom stereocenters. The van der Waals surface area contributed by atoms with Crippen LogP contribution in [0.3, 0.4) is 0 Å². The second-order valence-electron chi connectivity index (χ2n) is 4.34. The molecule has 2 aromatic rings. The third-order valence-corrected chi connectivity index (χ3v) is 4.64. The second kappa shape index (κ2) is 5.51. The van der Waals surface area contributed by atoms with Gasteiger partial charge in [-0.3, -0.25) is 0 Å². The minimum absolute atomic E-state index is 0.0741. The van der Waals surface area contributed by atoms with Crippen molar-refractivity contribution < 1.29 is 12.9 Å². The Morgan fingerprint density at radius 1 is 1.35 bits per heavy atom. The van der Waals surface area contributed by atoms with Crippen molar-refractivity contribution in [3.8, 4) is 0 Å². The van der Waals surface area contributed by atoms with E-state index in [1.54, 1.807) is 18.2 Å². The average Bonchev–Trinajstić information content (AvgIpc) is 2.90. The molecule has 1 heterocycles. The number of hydrogen-bond acceptors (Lipinski definition) is 6. The molecule has 1 aromatic carbocycles. The molecule has 1 aromatic heterocycles. The number of aromatic nitrogens is 1. The molecule has 20 heavy (non-hydrogen) atoms. The lowest BCUT2D eigenvalue weighted by Crippen LogP contribution is -2.23. The molecule has 3 N–H and O–H groups in total. The monoisotopic (exact) mass is 296 g/mol. The van der Waals surface area contributed by atoms with Crippen molar-refractivity contribution in [1.29, 1.82) is 0 Å². The lowest BCUT2D eigenvalue weighted by atomic mass is 10.2. The van der Waals surface area contributed by atoms with E-state index in [9.17, 15) is 8.42 Å². The van der Waals surface area contributed by atoms with Crippen LogP contribution in [0.15, 0.2) is 39.9 Å². The Balaban J connectivity index is 2.28. The number of nitrogens with one attached hydrogen (secondary N) is 1. The molecule has 0 saturated carbocycles. The highest BCUT2D eigenvalue weighted by atomic mass is 32.2. The lowest BCUT2D eigenvalue weighted by molar-refractivity contribution is 0.388. The first-order valence-corrected chi connectivity index (χ1v) is 7.31. The topological polar surface area (TPSA) is 101 Å². The largest absolute Gasteiger partial charge is 0.396 e. The van der Waals surface area contributed by atoms with E-state index in [1.807, 2.05) is 0 Å². The number of para-hydroxylation sites is 1. The van der Waals surface area contributed by atoms with Crippen LogP contribution in [-0.4, -0.2) is 32.0 Å². The van der Waals surface area contributed by atoms with Gasteiger partial charge >= 0.3 is 0 Å². The number of rotatable bonds is 5. The van der Waals surface area contributed by atoms with Crippen molar-refractivity contribution in [2.24, 2.45) is 0 Å². The molecule has 0 aliphatic heterocycles. The molecule has 0 amide bonds. The molecule has 0 bridgehead atoms. The molecule has 7 nitrogen and oxygen atoms in total. The Morgan fingerprint density at radius 2 is 2.10 bits per heavy atom. The SMILES string of the molecule is CN(C)S(=O)(=O)c1cccc(NCc2ccno2)c1N. The van der Waals surface area contributed by atoms with Crippen molar-refractivity contribution in [2.45, 2.75) is 11.4 Å². The van der Waals surface area contributed by atoms with E-state index in [2.05, 4.69) is 10.5 Å². The van der Waals surface area contributed by atoms with Crippen LogP contribution in [0.5, 0.6) is 0 Å². The van der Waals surface area contributed by atoms with E-state index >= 15 is 0 Å². The van der Waals surface area contributed by atoms with Crippen LogP contribution in [0, 0.1) is 0 Å². The summed E-state index contributed by atoms with van der Waals surface area (Å²) in [6.45, 7) is 0.371. The van der Waals surface area contributed by atoms with Crippen LogP contribution in [0.2, 0.25) is 0 Å². The Labute approximate surface area is 117 Å². The Kier molecular flexibility index (Phi) is 3.96. The Hall–Kier alpha value is -2.06. The molecule has 2 rings (SSSR count). The summed E-state index contributed by atoms with van der Waals surface area (Å²) in [6.07, 6.45) is 1.54. The molecule has 0 aliphatic carbocycles. The standard InChI is InChI=1S/C12H16N4O3S/c1-16(2)20(17,18)11-5-3-4-10(12(11)13)14-8-9-6-7-15-19-9/h3-7,14H,8,13H2,1-2H3. The molecule has 0 fully saturated rings. The van der Waals surface area contributed by atoms with E-state index < -0.39 is 10.0 Å². The predicted molar refractivity (Wildman–Crippen MR) is 75.6 cm³/mol. The summed E-state index contributed by atoms with van der Waals surface area (Å²) in [4.78, 5) is 0.0741. The van der Waals surface area contributed by atoms with E-state index in [0.717, 1.165) is 4.31 Å². The fourth-order valence-electron chi connectivity index (χ4n) is 1.64. The van der Waals surface area contributed by atoms with Crippen molar-refractivity contribution in [2.75, 3.05) is 25.1 Å². The van der Waals surface area contributed by atoms with Gasteiger partial charge in [0.25, 0.3) is 0 Å². The van der Waals surface area contributed by atoms with Crippen LogP contribution in [0.1, 0.15) is 5.76 Å². The maximum atomic E-state index is 12.1. The first kappa shape index (κ1) is 14.4. The highest BCUT2D eigenvalue weighted by Gasteiger charge is 2.21. The van der Waals surface area contributed by atoms with Crippen LogP contribution < -0.4 is 11.1 Å². The number of nitrogens with two attached hydrogens (primary N) is 1. The van der Waals surface area contributed by atoms with Gasteiger partial charge in [0, 0.05) is 20.2 Å². The number of hydrogen-bond donors (Lipinski definition) is 2. The quantitative estimate of drug-likeness (QED) is 0.802. The van der Waals surface area contributed by atoms with Crippen LogP contribution in [0.25, 0.3) is 0 Å². The number of nitrogens with zero attached hydrogens (tertiary/aromatic N) is 2. The van der Waals surface area contributed by atoms with Crippen LogP contribution >= 0.6 is 0 Å². The molecule has 8 heteroatoms. The third kappa shape index (κ3) is 2.75. The summed E-state index contributed by atoms with van der Waals surface area (Å²) in [5.41, 5.74) is 6.65. The number of sulfonamides is 1. The highest BCUT2D eigenvalue weighted by Crippen LogP contribution is 2.28. The Bertz CT molecular complexity index is 681. The van der Waals surface area contributed by atoms with Gasteiger partial charge in [-0.25, -0.2) is 12.7 Å². The summed E-state index contributed by atoms with van der Waals surface area (Å²) < 4.78 is 30.3. The number of anilines is 2. The lowest BCUT2D eigenvalue weighted by Gasteiger charge is -2.16. The van der Waals surface area contributed by atoms with Gasteiger partial charge in [-0.1, -0.05) is 11.2 Å². The van der Waals surface area contributed by atoms with Gasteiger partial charge < -0.3 is 15.6 Å². The number of benzene rings is 1. The number of nitrogen functional groups attached to an aromatic ring is 1. The van der Waals surface area contributed by atoms with Gasteiger partial charge in [0.05, 0.1) is 24.1 Å². The first-order valence-electron chi connectivity index (χ1n) is 5.87. The summed E-state index contributed by atoms with van der Waals surface area (Å²) in [6, 6.07) is 6.53. The van der Waals surface area contributed by atoms with Crippen LogP contribution in [0.4, 0.5) is 11.4 Å². The van der Waals surface area contributed by atoms with Crippen molar-refractivity contribution >= 4 is 21.4 Å². The van der Waals surface area contributed by atoms with E-state index in [4.69, 9.17) is 10.3 Å². The third-order valence-electron chi connectivity index (χ3n) is 2.77. The van der Waals surface area contributed by atoms with Gasteiger partial charge in [0.15, 0.2) is 5.76 Å². The van der Waals surface area contributed by atoms with E-state index in [0.29, 0.717) is 18.0 Å². The summed E-state index contributed by atoms with van der Waals surface area (Å²) in [5.74, 6) is 0.630. The summed E-state index contributed by atoms with van der Waals surface area (Å²) >= 11 is 0. The smallest absolute Gasteiger partial charge is 0.244 e. The fourth-order valence-corrected chi connectivity index (χ4v) is 2.67. The maximum Gasteiger partial charge on any atom is 0.244 e. The van der Waals surface area contributed by atoms with Gasteiger partial charge in [-0.15, -0.1) is 0 Å². The molecule has 0 aliphatic rings. The van der Waals surface area contributed by atoms with Gasteiger partial charge in [-0.05, 0) is 12.1 Å². The average molecular weight is 296 g/mol. The van der Waals surface area contributed by atoms with E-state index in [1.165, 1.54) is 26.4 Å². The second-order valence-corrected chi connectivity index (χ2v) is 6.46. The molecular formula is C12H16N4O3S. The normalized spacial score (nSPS) is 11.8. The minimum atomic E-state index is -3.57. The molecule has 0 spiro atoms. The fraction of sp³-hybridized carbons (Fsp3) is 0.250. The zero-order valence-corrected chi connectivity index (χ0v) is 12.0. The van der Waals surface area contributed by atoms with Gasteiger partial charge in [-0.2, -0.15) is 0 Å². The van der Waals surface area contributed by atoms with Gasteiger partial charge in [0.2, 0.25) is 10.0 Å². The van der Waals surface area contributed by atoms with Crippen molar-refractivity contribution in [1.82, 2.24) is 9.46 Å². The highest BCUT2D eigenvalue weighted by molar-refractivity contribution is 7.89. The maximum absolute atomic E-state index is 12.1. The van der Waals surface area contributed by atoms with Crippen molar-refractivity contribution in [3.63, 3.8) is 0 Å². The molecular weight excluding hydrogens is 280 g/mol. The zero-order chi connectivity index (χ0) is 14.8. The Morgan fingerprint density at radius 3 is 2.70 bits per heavy atom. The first-order chi connectivity index (χ1) is 9.43. The zero-order valence-electron chi connectivity index (χ0n) is 11.2. The molecule has 0 saturated heterocycles. The summed E-state index contributed by atoms with van der Waals surface area (Å²) in [7, 11) is -0.646. The van der Waals surface area contributed by atoms with E-state index in [-0.39, 0.29) is 10.6 Å². The van der Waals surface area contributed by atoms with Gasteiger partial charge in [0.1, 0.15) is 4.90 Å². The molecule has 0 radical (unpaired) electrons. The molecule has 0 atom stereocenters. The predicted octanol–water partition coefficient (Wildman–Crippen LogP) is 1.12. The molecule has 108 valence electrons. The summed E-state index contributed by atoms with van der Waals surface area (Å²) in [5, 5.41) is 6.61. The van der Waals surface area contributed by atoms with Crippen molar-refractivity contribution in [3.05, 3.63) is 36.2 Å².